The Balaban J connectivity index is 1.71. The minimum Gasteiger partial charge on any atom is -0.304 e. The summed E-state index contributed by atoms with van der Waals surface area (Å²) in [7, 11) is 0. The highest BCUT2D eigenvalue weighted by Crippen LogP contribution is 2.26. The van der Waals surface area contributed by atoms with Crippen molar-refractivity contribution in [1.82, 2.24) is 10.3 Å². The van der Waals surface area contributed by atoms with Crippen molar-refractivity contribution in [3.05, 3.63) is 65.0 Å². The molecule has 0 saturated heterocycles. The zero-order chi connectivity index (χ0) is 13.9. The van der Waals surface area contributed by atoms with Gasteiger partial charge in [0.15, 0.2) is 0 Å². The maximum absolute atomic E-state index is 4.08. The van der Waals surface area contributed by atoms with Crippen molar-refractivity contribution in [2.24, 2.45) is 0 Å². The molecule has 2 heteroatoms. The minimum atomic E-state index is 0.334. The second-order valence-corrected chi connectivity index (χ2v) is 5.77. The third-order valence-electron chi connectivity index (χ3n) is 4.33. The molecule has 20 heavy (non-hydrogen) atoms. The number of nitrogens with zero attached hydrogens (tertiary/aromatic N) is 1. The van der Waals surface area contributed by atoms with Crippen LogP contribution in [-0.2, 0) is 12.8 Å². The molecule has 0 fully saturated rings. The van der Waals surface area contributed by atoms with Crippen LogP contribution in [0.5, 0.6) is 0 Å². The predicted octanol–water partition coefficient (Wildman–Crippen LogP) is 3.98. The van der Waals surface area contributed by atoms with Gasteiger partial charge in [0.2, 0.25) is 0 Å². The van der Waals surface area contributed by atoms with Crippen LogP contribution in [0.15, 0.2) is 42.7 Å². The lowest BCUT2D eigenvalue weighted by Gasteiger charge is -2.21. The summed E-state index contributed by atoms with van der Waals surface area (Å²) in [6, 6.07) is 11.8. The van der Waals surface area contributed by atoms with Crippen LogP contribution >= 0.6 is 0 Å². The topological polar surface area (TPSA) is 24.9 Å². The molecule has 0 bridgehead atoms. The third kappa shape index (κ3) is 2.75. The molecule has 1 aliphatic rings. The Morgan fingerprint density at radius 2 is 1.60 bits per heavy atom. The van der Waals surface area contributed by atoms with Crippen molar-refractivity contribution in [2.45, 2.75) is 45.2 Å². The maximum atomic E-state index is 4.08. The Bertz CT molecular complexity index is 577. The Morgan fingerprint density at radius 1 is 0.900 bits per heavy atom. The van der Waals surface area contributed by atoms with E-state index in [2.05, 4.69) is 54.5 Å². The van der Waals surface area contributed by atoms with Crippen molar-refractivity contribution < 1.29 is 0 Å². The summed E-state index contributed by atoms with van der Waals surface area (Å²) >= 11 is 0. The fraction of sp³-hybridized carbons (Fsp3) is 0.389. The number of aryl methyl sites for hydroxylation is 2. The van der Waals surface area contributed by atoms with E-state index >= 15 is 0 Å². The standard InChI is InChI=1S/C18H22N2/c1-13(15-8-10-19-11-9-15)20-14(2)17-7-6-16-4-3-5-18(16)12-17/h6-14,20H,3-5H2,1-2H3/t13-,14?/m1/s1. The van der Waals surface area contributed by atoms with E-state index in [0.29, 0.717) is 12.1 Å². The maximum Gasteiger partial charge on any atom is 0.0298 e. The van der Waals surface area contributed by atoms with Crippen LogP contribution in [0.1, 0.15) is 54.6 Å². The van der Waals surface area contributed by atoms with E-state index in [0.717, 1.165) is 0 Å². The molecule has 1 unspecified atom stereocenters. The molecule has 2 atom stereocenters. The highest BCUT2D eigenvalue weighted by Gasteiger charge is 2.15. The monoisotopic (exact) mass is 266 g/mol. The van der Waals surface area contributed by atoms with Gasteiger partial charge in [-0.25, -0.2) is 0 Å². The number of nitrogens with one attached hydrogen (secondary N) is 1. The van der Waals surface area contributed by atoms with Crippen molar-refractivity contribution in [2.75, 3.05) is 0 Å². The first-order valence-corrected chi connectivity index (χ1v) is 7.51. The fourth-order valence-electron chi connectivity index (χ4n) is 3.08. The van der Waals surface area contributed by atoms with Crippen molar-refractivity contribution in [3.63, 3.8) is 0 Å². The van der Waals surface area contributed by atoms with E-state index < -0.39 is 0 Å². The van der Waals surface area contributed by atoms with Gasteiger partial charge in [-0.3, -0.25) is 4.98 Å². The Kier molecular flexibility index (Phi) is 3.83. The van der Waals surface area contributed by atoms with Gasteiger partial charge in [-0.15, -0.1) is 0 Å². The van der Waals surface area contributed by atoms with Crippen LogP contribution < -0.4 is 5.32 Å². The normalized spacial score (nSPS) is 16.7. The fourth-order valence-corrected chi connectivity index (χ4v) is 3.08. The van der Waals surface area contributed by atoms with Crippen LogP contribution in [0.3, 0.4) is 0 Å². The van der Waals surface area contributed by atoms with Gasteiger partial charge in [0.1, 0.15) is 0 Å². The van der Waals surface area contributed by atoms with E-state index in [-0.39, 0.29) is 0 Å². The molecule has 3 rings (SSSR count). The molecule has 1 heterocycles. The van der Waals surface area contributed by atoms with E-state index in [1.165, 1.54) is 30.4 Å². The van der Waals surface area contributed by atoms with Crippen LogP contribution in [0, 0.1) is 0 Å². The molecule has 1 aromatic heterocycles. The Labute approximate surface area is 121 Å². The number of hydrogen-bond acceptors (Lipinski definition) is 2. The lowest BCUT2D eigenvalue weighted by atomic mass is 10.0. The highest BCUT2D eigenvalue weighted by atomic mass is 14.9. The molecule has 0 spiro atoms. The van der Waals surface area contributed by atoms with Gasteiger partial charge < -0.3 is 5.32 Å². The number of fused-ring (bicyclic) bond motifs is 1. The van der Waals surface area contributed by atoms with Crippen LogP contribution in [-0.4, -0.2) is 4.98 Å². The van der Waals surface area contributed by atoms with E-state index in [4.69, 9.17) is 0 Å². The van der Waals surface area contributed by atoms with Crippen molar-refractivity contribution in [1.29, 1.82) is 0 Å². The van der Waals surface area contributed by atoms with Gasteiger partial charge in [0, 0.05) is 24.5 Å². The zero-order valence-corrected chi connectivity index (χ0v) is 12.3. The average molecular weight is 266 g/mol. The molecule has 1 N–H and O–H groups in total. The second-order valence-electron chi connectivity index (χ2n) is 5.77. The van der Waals surface area contributed by atoms with E-state index in [1.807, 2.05) is 12.4 Å². The molecule has 0 radical (unpaired) electrons. The summed E-state index contributed by atoms with van der Waals surface area (Å²) in [4.78, 5) is 4.08. The predicted molar refractivity (Wildman–Crippen MR) is 82.7 cm³/mol. The lowest BCUT2D eigenvalue weighted by Crippen LogP contribution is -2.22. The summed E-state index contributed by atoms with van der Waals surface area (Å²) in [6.45, 7) is 4.45. The van der Waals surface area contributed by atoms with E-state index in [1.54, 1.807) is 11.1 Å². The summed E-state index contributed by atoms with van der Waals surface area (Å²) in [5.41, 5.74) is 5.77. The van der Waals surface area contributed by atoms with E-state index in [9.17, 15) is 0 Å². The highest BCUT2D eigenvalue weighted by molar-refractivity contribution is 5.36. The number of hydrogen-bond donors (Lipinski definition) is 1. The number of benzene rings is 1. The molecular weight excluding hydrogens is 244 g/mol. The number of aromatic nitrogens is 1. The van der Waals surface area contributed by atoms with Crippen LogP contribution in [0.2, 0.25) is 0 Å². The summed E-state index contributed by atoms with van der Waals surface area (Å²) in [5.74, 6) is 0. The SMILES string of the molecule is CC(N[C@H](C)c1ccncc1)c1ccc2c(c1)CCC2. The average Bonchev–Trinajstić information content (AvgIpc) is 2.95. The molecule has 2 nitrogen and oxygen atoms in total. The van der Waals surface area contributed by atoms with Crippen LogP contribution in [0.4, 0.5) is 0 Å². The van der Waals surface area contributed by atoms with Gasteiger partial charge in [0.25, 0.3) is 0 Å². The number of rotatable bonds is 4. The van der Waals surface area contributed by atoms with Gasteiger partial charge in [-0.2, -0.15) is 0 Å². The lowest BCUT2D eigenvalue weighted by molar-refractivity contribution is 0.494. The van der Waals surface area contributed by atoms with Gasteiger partial charge in [0.05, 0.1) is 0 Å². The Morgan fingerprint density at radius 3 is 2.40 bits per heavy atom. The Hall–Kier alpha value is -1.67. The second kappa shape index (κ2) is 5.76. The van der Waals surface area contributed by atoms with Gasteiger partial charge >= 0.3 is 0 Å². The third-order valence-corrected chi connectivity index (χ3v) is 4.33. The first-order valence-electron chi connectivity index (χ1n) is 7.51. The quantitative estimate of drug-likeness (QED) is 0.905. The zero-order valence-electron chi connectivity index (χ0n) is 12.3. The molecule has 1 aliphatic carbocycles. The van der Waals surface area contributed by atoms with Gasteiger partial charge in [-0.05, 0) is 67.5 Å². The molecule has 104 valence electrons. The summed E-state index contributed by atoms with van der Waals surface area (Å²) < 4.78 is 0. The summed E-state index contributed by atoms with van der Waals surface area (Å²) in [5, 5.41) is 3.68. The largest absolute Gasteiger partial charge is 0.304 e. The molecule has 0 saturated carbocycles. The van der Waals surface area contributed by atoms with Crippen LogP contribution in [0.25, 0.3) is 0 Å². The van der Waals surface area contributed by atoms with Gasteiger partial charge in [-0.1, -0.05) is 18.2 Å². The first kappa shape index (κ1) is 13.3. The molecule has 0 aliphatic heterocycles. The molecule has 0 amide bonds. The minimum absolute atomic E-state index is 0.334. The molecule has 1 aromatic carbocycles. The van der Waals surface area contributed by atoms with Crippen molar-refractivity contribution in [3.8, 4) is 0 Å². The first-order chi connectivity index (χ1) is 9.74. The smallest absolute Gasteiger partial charge is 0.0298 e. The molecule has 2 aromatic rings. The number of pyridine rings is 1. The van der Waals surface area contributed by atoms with Crippen molar-refractivity contribution >= 4 is 0 Å². The molecular formula is C18H22N2. The summed E-state index contributed by atoms with van der Waals surface area (Å²) in [6.07, 6.45) is 7.52.